The van der Waals surface area contributed by atoms with E-state index in [1.165, 1.54) is 0 Å². The third-order valence-corrected chi connectivity index (χ3v) is 2.64. The Bertz CT molecular complexity index is 449. The van der Waals surface area contributed by atoms with Crippen LogP contribution in [0.4, 0.5) is 0 Å². The first kappa shape index (κ1) is 14.0. The molecule has 1 aromatic rings. The first-order valence-electron chi connectivity index (χ1n) is 5.66. The van der Waals surface area contributed by atoms with Crippen LogP contribution in [0.5, 0.6) is 0 Å². The van der Waals surface area contributed by atoms with Crippen LogP contribution in [-0.4, -0.2) is 23.5 Å². The fourth-order valence-electron chi connectivity index (χ4n) is 1.51. The van der Waals surface area contributed by atoms with Gasteiger partial charge in [-0.1, -0.05) is 44.2 Å². The minimum absolute atomic E-state index is 0.200. The molecule has 18 heavy (non-hydrogen) atoms. The molecule has 0 fully saturated rings. The van der Waals surface area contributed by atoms with Gasteiger partial charge in [0.05, 0.1) is 0 Å². The molecule has 0 heterocycles. The summed E-state index contributed by atoms with van der Waals surface area (Å²) >= 11 is 0. The number of rotatable bonds is 5. The summed E-state index contributed by atoms with van der Waals surface area (Å²) in [6.45, 7) is 4.48. The smallest absolute Gasteiger partial charge is 0.328 e. The topological polar surface area (TPSA) is 66.4 Å². The predicted octanol–water partition coefficient (Wildman–Crippen LogP) is 1.72. The molecule has 0 spiro atoms. The van der Waals surface area contributed by atoms with Gasteiger partial charge >= 0.3 is 5.97 Å². The van der Waals surface area contributed by atoms with Gasteiger partial charge in [-0.3, -0.25) is 4.79 Å². The Morgan fingerprint density at radius 2 is 1.83 bits per heavy atom. The number of hydrogen-bond donors (Lipinski definition) is 2. The van der Waals surface area contributed by atoms with Gasteiger partial charge in [0, 0.05) is 24.1 Å². The molecular weight excluding hydrogens is 230 g/mol. The zero-order chi connectivity index (χ0) is 13.6. The van der Waals surface area contributed by atoms with E-state index in [2.05, 4.69) is 5.32 Å². The Labute approximate surface area is 106 Å². The van der Waals surface area contributed by atoms with E-state index >= 15 is 0 Å². The van der Waals surface area contributed by atoms with E-state index in [1.54, 1.807) is 0 Å². The molecule has 0 aromatic heterocycles. The van der Waals surface area contributed by atoms with Crippen molar-refractivity contribution in [2.24, 2.45) is 0 Å². The molecule has 4 nitrogen and oxygen atoms in total. The van der Waals surface area contributed by atoms with E-state index in [0.717, 1.165) is 17.7 Å². The van der Waals surface area contributed by atoms with E-state index < -0.39 is 11.9 Å². The molecule has 1 amide bonds. The first-order chi connectivity index (χ1) is 8.42. The molecular formula is C14H17NO3. The molecule has 0 aliphatic carbocycles. The number of aliphatic carboxylic acids is 1. The summed E-state index contributed by atoms with van der Waals surface area (Å²) in [4.78, 5) is 21.6. The van der Waals surface area contributed by atoms with E-state index in [4.69, 9.17) is 5.11 Å². The summed E-state index contributed by atoms with van der Waals surface area (Å²) in [7, 11) is 0. The summed E-state index contributed by atoms with van der Waals surface area (Å²) in [6.07, 6.45) is 1.84. The van der Waals surface area contributed by atoms with Gasteiger partial charge < -0.3 is 10.4 Å². The number of benzene rings is 1. The van der Waals surface area contributed by atoms with Gasteiger partial charge in [0.15, 0.2) is 0 Å². The fourth-order valence-corrected chi connectivity index (χ4v) is 1.51. The van der Waals surface area contributed by atoms with Gasteiger partial charge in [-0.2, -0.15) is 0 Å². The van der Waals surface area contributed by atoms with Crippen molar-refractivity contribution in [1.82, 2.24) is 5.32 Å². The van der Waals surface area contributed by atoms with E-state index in [9.17, 15) is 9.59 Å². The Kier molecular flexibility index (Phi) is 4.66. The maximum Gasteiger partial charge on any atom is 0.328 e. The zero-order valence-electron chi connectivity index (χ0n) is 10.5. The lowest BCUT2D eigenvalue weighted by Gasteiger charge is -2.25. The van der Waals surface area contributed by atoms with Crippen LogP contribution in [0.2, 0.25) is 0 Å². The summed E-state index contributed by atoms with van der Waals surface area (Å²) < 4.78 is 0. The lowest BCUT2D eigenvalue weighted by atomic mass is 9.84. The van der Waals surface area contributed by atoms with Gasteiger partial charge in [-0.15, -0.1) is 0 Å². The zero-order valence-corrected chi connectivity index (χ0v) is 10.5. The van der Waals surface area contributed by atoms with Crippen molar-refractivity contribution in [1.29, 1.82) is 0 Å². The van der Waals surface area contributed by atoms with Crippen LogP contribution in [-0.2, 0) is 15.0 Å². The minimum Gasteiger partial charge on any atom is -0.478 e. The van der Waals surface area contributed by atoms with Crippen LogP contribution >= 0.6 is 0 Å². The number of nitrogens with one attached hydrogen (secondary N) is 1. The molecule has 0 saturated carbocycles. The largest absolute Gasteiger partial charge is 0.478 e. The van der Waals surface area contributed by atoms with Crippen LogP contribution in [0.25, 0.3) is 0 Å². The number of carboxylic acids is 1. The van der Waals surface area contributed by atoms with Crippen molar-refractivity contribution in [3.8, 4) is 0 Å². The normalized spacial score (nSPS) is 11.4. The second-order valence-corrected chi connectivity index (χ2v) is 4.64. The molecule has 0 aliphatic rings. The molecule has 4 heteroatoms. The molecule has 0 unspecified atom stereocenters. The predicted molar refractivity (Wildman–Crippen MR) is 69.3 cm³/mol. The Hall–Kier alpha value is -2.10. The minimum atomic E-state index is -1.13. The standard InChI is InChI=1S/C14H17NO3/c1-14(2,11-6-4-3-5-7-11)10-15-12(16)8-9-13(17)18/h3-9H,10H2,1-2H3,(H,15,16)(H,17,18). The maximum atomic E-state index is 11.4. The van der Waals surface area contributed by atoms with Gasteiger partial charge in [-0.05, 0) is 5.56 Å². The summed E-state index contributed by atoms with van der Waals surface area (Å²) in [5, 5.41) is 11.1. The van der Waals surface area contributed by atoms with Gasteiger partial charge in [0.2, 0.25) is 5.91 Å². The lowest BCUT2D eigenvalue weighted by Crippen LogP contribution is -2.35. The lowest BCUT2D eigenvalue weighted by molar-refractivity contribution is -0.131. The number of amides is 1. The van der Waals surface area contributed by atoms with Crippen LogP contribution in [0.3, 0.4) is 0 Å². The van der Waals surface area contributed by atoms with E-state index in [-0.39, 0.29) is 5.41 Å². The third kappa shape index (κ3) is 4.41. The first-order valence-corrected chi connectivity index (χ1v) is 5.66. The molecule has 0 saturated heterocycles. The molecule has 0 radical (unpaired) electrons. The second-order valence-electron chi connectivity index (χ2n) is 4.64. The second kappa shape index (κ2) is 6.00. The molecule has 96 valence electrons. The van der Waals surface area contributed by atoms with Crippen LogP contribution in [0.15, 0.2) is 42.5 Å². The number of hydrogen-bond acceptors (Lipinski definition) is 2. The van der Waals surface area contributed by atoms with E-state index in [0.29, 0.717) is 6.54 Å². The SMILES string of the molecule is CC(C)(CNC(=O)C=CC(=O)O)c1ccccc1. The number of carboxylic acid groups (broad SMARTS) is 1. The average Bonchev–Trinajstić information content (AvgIpc) is 2.35. The van der Waals surface area contributed by atoms with Crippen molar-refractivity contribution in [3.05, 3.63) is 48.0 Å². The van der Waals surface area contributed by atoms with Crippen LogP contribution < -0.4 is 5.32 Å². The molecule has 1 aromatic carbocycles. The summed E-state index contributed by atoms with van der Waals surface area (Å²) in [5.74, 6) is -1.53. The average molecular weight is 247 g/mol. The van der Waals surface area contributed by atoms with Gasteiger partial charge in [-0.25, -0.2) is 4.79 Å². The van der Waals surface area contributed by atoms with Crippen LogP contribution in [0.1, 0.15) is 19.4 Å². The molecule has 0 bridgehead atoms. The highest BCUT2D eigenvalue weighted by molar-refractivity contribution is 5.93. The van der Waals surface area contributed by atoms with Crippen molar-refractivity contribution >= 4 is 11.9 Å². The van der Waals surface area contributed by atoms with Gasteiger partial charge in [0.1, 0.15) is 0 Å². The van der Waals surface area contributed by atoms with E-state index in [1.807, 2.05) is 44.2 Å². The maximum absolute atomic E-state index is 11.4. The Balaban J connectivity index is 2.57. The Morgan fingerprint density at radius 1 is 1.22 bits per heavy atom. The summed E-state index contributed by atoms with van der Waals surface area (Å²) in [6, 6.07) is 9.83. The fraction of sp³-hybridized carbons (Fsp3) is 0.286. The molecule has 0 atom stereocenters. The number of carbonyl (C=O) groups is 2. The third-order valence-electron chi connectivity index (χ3n) is 2.64. The molecule has 1 rings (SSSR count). The summed E-state index contributed by atoms with van der Waals surface area (Å²) in [5.41, 5.74) is 0.918. The molecule has 0 aliphatic heterocycles. The van der Waals surface area contributed by atoms with Crippen LogP contribution in [0, 0.1) is 0 Å². The monoisotopic (exact) mass is 247 g/mol. The number of carbonyl (C=O) groups excluding carboxylic acids is 1. The highest BCUT2D eigenvalue weighted by atomic mass is 16.4. The van der Waals surface area contributed by atoms with Crippen molar-refractivity contribution in [2.75, 3.05) is 6.54 Å². The molecule has 2 N–H and O–H groups in total. The van der Waals surface area contributed by atoms with Crippen molar-refractivity contribution < 1.29 is 14.7 Å². The Morgan fingerprint density at radius 3 is 2.39 bits per heavy atom. The highest BCUT2D eigenvalue weighted by Gasteiger charge is 2.20. The van der Waals surface area contributed by atoms with Crippen molar-refractivity contribution in [3.63, 3.8) is 0 Å². The van der Waals surface area contributed by atoms with Crippen molar-refractivity contribution in [2.45, 2.75) is 19.3 Å². The van der Waals surface area contributed by atoms with Gasteiger partial charge in [0.25, 0.3) is 0 Å². The highest BCUT2D eigenvalue weighted by Crippen LogP contribution is 2.21. The quantitative estimate of drug-likeness (QED) is 0.778.